The van der Waals surface area contributed by atoms with Gasteiger partial charge in [0.15, 0.2) is 0 Å². The molecule has 1 aliphatic carbocycles. The molecule has 0 saturated heterocycles. The van der Waals surface area contributed by atoms with Gasteiger partial charge in [0.25, 0.3) is 0 Å². The maximum Gasteiger partial charge on any atom is 0.229 e. The minimum absolute atomic E-state index is 0.521. The average Bonchev–Trinajstić information content (AvgIpc) is 3.31. The number of benzene rings is 1. The van der Waals surface area contributed by atoms with Gasteiger partial charge in [0.05, 0.1) is 19.9 Å². The first-order valence-electron chi connectivity index (χ1n) is 6.87. The molecule has 6 heteroatoms. The highest BCUT2D eigenvalue weighted by atomic mass is 16.5. The van der Waals surface area contributed by atoms with Crippen LogP contribution in [0.15, 0.2) is 30.5 Å². The second-order valence-corrected chi connectivity index (χ2v) is 4.88. The van der Waals surface area contributed by atoms with Gasteiger partial charge in [0, 0.05) is 18.3 Å². The van der Waals surface area contributed by atoms with Gasteiger partial charge in [-0.1, -0.05) is 0 Å². The van der Waals surface area contributed by atoms with Crippen LogP contribution in [0.25, 0.3) is 0 Å². The van der Waals surface area contributed by atoms with E-state index in [1.807, 2.05) is 24.3 Å². The summed E-state index contributed by atoms with van der Waals surface area (Å²) in [5, 5.41) is 6.51. The summed E-state index contributed by atoms with van der Waals surface area (Å²) >= 11 is 0. The third-order valence-electron chi connectivity index (χ3n) is 3.24. The smallest absolute Gasteiger partial charge is 0.229 e. The van der Waals surface area contributed by atoms with E-state index >= 15 is 0 Å². The maximum atomic E-state index is 5.33. The third-order valence-corrected chi connectivity index (χ3v) is 3.24. The van der Waals surface area contributed by atoms with Gasteiger partial charge >= 0.3 is 0 Å². The SMILES string of the molecule is COc1ccc(OC)c(Nc2nccc(NC3CC3)n2)c1. The maximum absolute atomic E-state index is 5.33. The molecule has 21 heavy (non-hydrogen) atoms. The summed E-state index contributed by atoms with van der Waals surface area (Å²) in [6.45, 7) is 0. The highest BCUT2D eigenvalue weighted by molar-refractivity contribution is 5.65. The standard InChI is InChI=1S/C15H18N4O2/c1-20-11-5-6-13(21-2)12(9-11)18-15-16-8-7-14(19-15)17-10-3-4-10/h5-10H,3-4H2,1-2H3,(H2,16,17,18,19). The molecular weight excluding hydrogens is 268 g/mol. The monoisotopic (exact) mass is 286 g/mol. The number of nitrogens with zero attached hydrogens (tertiary/aromatic N) is 2. The average molecular weight is 286 g/mol. The number of hydrogen-bond donors (Lipinski definition) is 2. The fourth-order valence-electron chi connectivity index (χ4n) is 1.97. The minimum Gasteiger partial charge on any atom is -0.497 e. The van der Waals surface area contributed by atoms with Gasteiger partial charge in [0.1, 0.15) is 17.3 Å². The van der Waals surface area contributed by atoms with Crippen LogP contribution in [0.3, 0.4) is 0 Å². The first-order valence-corrected chi connectivity index (χ1v) is 6.87. The Morgan fingerprint density at radius 3 is 2.71 bits per heavy atom. The Balaban J connectivity index is 1.81. The van der Waals surface area contributed by atoms with Crippen LogP contribution in [0, 0.1) is 0 Å². The van der Waals surface area contributed by atoms with E-state index in [0.29, 0.717) is 17.7 Å². The molecule has 6 nitrogen and oxygen atoms in total. The number of hydrogen-bond acceptors (Lipinski definition) is 6. The van der Waals surface area contributed by atoms with Crippen LogP contribution in [-0.4, -0.2) is 30.2 Å². The predicted octanol–water partition coefficient (Wildman–Crippen LogP) is 2.81. The largest absolute Gasteiger partial charge is 0.497 e. The summed E-state index contributed by atoms with van der Waals surface area (Å²) in [5.41, 5.74) is 0.764. The zero-order valence-corrected chi connectivity index (χ0v) is 12.1. The summed E-state index contributed by atoms with van der Waals surface area (Å²) in [6.07, 6.45) is 4.14. The summed E-state index contributed by atoms with van der Waals surface area (Å²) in [7, 11) is 3.25. The van der Waals surface area contributed by atoms with Crippen molar-refractivity contribution in [2.75, 3.05) is 24.9 Å². The highest BCUT2D eigenvalue weighted by Gasteiger charge is 2.21. The molecule has 2 aromatic rings. The molecule has 1 saturated carbocycles. The van der Waals surface area contributed by atoms with E-state index in [9.17, 15) is 0 Å². The number of rotatable bonds is 6. The molecule has 1 aromatic heterocycles. The van der Waals surface area contributed by atoms with Crippen LogP contribution in [0.5, 0.6) is 11.5 Å². The topological polar surface area (TPSA) is 68.3 Å². The third kappa shape index (κ3) is 3.34. The zero-order valence-electron chi connectivity index (χ0n) is 12.1. The van der Waals surface area contributed by atoms with Crippen molar-refractivity contribution in [3.05, 3.63) is 30.5 Å². The van der Waals surface area contributed by atoms with Crippen LogP contribution < -0.4 is 20.1 Å². The molecule has 1 heterocycles. The second kappa shape index (κ2) is 5.87. The molecule has 0 radical (unpaired) electrons. The molecule has 1 aromatic carbocycles. The summed E-state index contributed by atoms with van der Waals surface area (Å²) in [5.74, 6) is 2.80. The van der Waals surface area contributed by atoms with Crippen molar-refractivity contribution < 1.29 is 9.47 Å². The molecule has 0 amide bonds. The van der Waals surface area contributed by atoms with E-state index in [1.54, 1.807) is 20.4 Å². The summed E-state index contributed by atoms with van der Waals surface area (Å²) < 4.78 is 10.6. The van der Waals surface area contributed by atoms with Crippen LogP contribution in [0.2, 0.25) is 0 Å². The van der Waals surface area contributed by atoms with Gasteiger partial charge in [-0.25, -0.2) is 4.98 Å². The molecule has 0 aliphatic heterocycles. The Hall–Kier alpha value is -2.50. The quantitative estimate of drug-likeness (QED) is 0.851. The Kier molecular flexibility index (Phi) is 3.77. The van der Waals surface area contributed by atoms with Crippen molar-refractivity contribution in [1.29, 1.82) is 0 Å². The molecule has 3 rings (SSSR count). The number of methoxy groups -OCH3 is 2. The van der Waals surface area contributed by atoms with E-state index in [-0.39, 0.29) is 0 Å². The van der Waals surface area contributed by atoms with E-state index in [0.717, 1.165) is 17.3 Å². The zero-order chi connectivity index (χ0) is 14.7. The van der Waals surface area contributed by atoms with Crippen molar-refractivity contribution in [3.63, 3.8) is 0 Å². The minimum atomic E-state index is 0.521. The van der Waals surface area contributed by atoms with E-state index in [2.05, 4.69) is 20.6 Å². The fraction of sp³-hybridized carbons (Fsp3) is 0.333. The molecule has 2 N–H and O–H groups in total. The van der Waals surface area contributed by atoms with E-state index in [1.165, 1.54) is 12.8 Å². The second-order valence-electron chi connectivity index (χ2n) is 4.88. The summed E-state index contributed by atoms with van der Waals surface area (Å²) in [4.78, 5) is 8.68. The predicted molar refractivity (Wildman–Crippen MR) is 81.5 cm³/mol. The molecule has 0 bridgehead atoms. The lowest BCUT2D eigenvalue weighted by molar-refractivity contribution is 0.405. The number of anilines is 3. The van der Waals surface area contributed by atoms with Crippen LogP contribution in [-0.2, 0) is 0 Å². The molecule has 0 unspecified atom stereocenters. The lowest BCUT2D eigenvalue weighted by Crippen LogP contribution is -2.06. The number of aromatic nitrogens is 2. The van der Waals surface area contributed by atoms with Crippen LogP contribution in [0.4, 0.5) is 17.5 Å². The number of ether oxygens (including phenoxy) is 2. The molecule has 0 atom stereocenters. The first kappa shape index (κ1) is 13.5. The van der Waals surface area contributed by atoms with Crippen molar-refractivity contribution in [3.8, 4) is 11.5 Å². The van der Waals surface area contributed by atoms with Crippen molar-refractivity contribution in [1.82, 2.24) is 9.97 Å². The lowest BCUT2D eigenvalue weighted by atomic mass is 10.2. The Morgan fingerprint density at radius 2 is 2.00 bits per heavy atom. The van der Waals surface area contributed by atoms with Gasteiger partial charge in [-0.3, -0.25) is 0 Å². The molecular formula is C15H18N4O2. The molecule has 0 spiro atoms. The van der Waals surface area contributed by atoms with Gasteiger partial charge in [-0.15, -0.1) is 0 Å². The fourth-order valence-corrected chi connectivity index (χ4v) is 1.97. The Bertz CT molecular complexity index is 629. The van der Waals surface area contributed by atoms with Gasteiger partial charge in [-0.05, 0) is 31.0 Å². The van der Waals surface area contributed by atoms with Gasteiger partial charge in [-0.2, -0.15) is 4.98 Å². The molecule has 1 fully saturated rings. The Labute approximate surface area is 123 Å². The van der Waals surface area contributed by atoms with Gasteiger partial charge in [0.2, 0.25) is 5.95 Å². The number of nitrogens with one attached hydrogen (secondary N) is 2. The van der Waals surface area contributed by atoms with E-state index < -0.39 is 0 Å². The van der Waals surface area contributed by atoms with Crippen molar-refractivity contribution in [2.24, 2.45) is 0 Å². The van der Waals surface area contributed by atoms with Crippen LogP contribution >= 0.6 is 0 Å². The first-order chi connectivity index (χ1) is 10.3. The van der Waals surface area contributed by atoms with Crippen molar-refractivity contribution >= 4 is 17.5 Å². The Morgan fingerprint density at radius 1 is 1.14 bits per heavy atom. The highest BCUT2D eigenvalue weighted by Crippen LogP contribution is 2.31. The van der Waals surface area contributed by atoms with Gasteiger partial charge < -0.3 is 20.1 Å². The van der Waals surface area contributed by atoms with Crippen LogP contribution in [0.1, 0.15) is 12.8 Å². The van der Waals surface area contributed by atoms with E-state index in [4.69, 9.17) is 9.47 Å². The normalized spacial score (nSPS) is 13.6. The lowest BCUT2D eigenvalue weighted by Gasteiger charge is -2.12. The molecule has 110 valence electrons. The molecule has 1 aliphatic rings. The summed E-state index contributed by atoms with van der Waals surface area (Å²) in [6, 6.07) is 7.96. The van der Waals surface area contributed by atoms with Crippen molar-refractivity contribution in [2.45, 2.75) is 18.9 Å².